The predicted molar refractivity (Wildman–Crippen MR) is 118 cm³/mol. The Bertz CT molecular complexity index is 1160. The smallest absolute Gasteiger partial charge is 0.292 e. The quantitative estimate of drug-likeness (QED) is 0.639. The first-order valence-corrected chi connectivity index (χ1v) is 11.2. The van der Waals surface area contributed by atoms with E-state index in [2.05, 4.69) is 26.6 Å². The predicted octanol–water partition coefficient (Wildman–Crippen LogP) is 2.37. The lowest BCUT2D eigenvalue weighted by atomic mass is 9.89. The van der Waals surface area contributed by atoms with Crippen LogP contribution in [0.3, 0.4) is 0 Å². The number of thiazole rings is 1. The molecule has 32 heavy (non-hydrogen) atoms. The second-order valence-electron chi connectivity index (χ2n) is 7.79. The molecular formula is C22H23N7O2S. The molecular weight excluding hydrogens is 426 g/mol. The molecule has 0 radical (unpaired) electrons. The standard InChI is InChI=1S/C22H23N7O2S/c1-14-17(4-3-9-29(14)22(31)20-27-25-13-28(20)2)21(30)24-11-19-26-18(12-32-19)16-7-5-15(10-23)6-8-16/h5-8,12-14,17H,3-4,9,11H2,1-2H3,(H,24,30)/t14-,17-/m0/s1. The lowest BCUT2D eigenvalue weighted by Gasteiger charge is -2.38. The number of aromatic nitrogens is 4. The number of nitrogens with one attached hydrogen (secondary N) is 1. The molecule has 10 heteroatoms. The summed E-state index contributed by atoms with van der Waals surface area (Å²) in [7, 11) is 1.73. The SMILES string of the molecule is C[C@H]1[C@@H](C(=O)NCc2nc(-c3ccc(C#N)cc3)cs2)CCCN1C(=O)c1nncn1C. The fourth-order valence-electron chi connectivity index (χ4n) is 3.92. The van der Waals surface area contributed by atoms with Crippen LogP contribution in [0.5, 0.6) is 0 Å². The van der Waals surface area contributed by atoms with E-state index >= 15 is 0 Å². The molecule has 0 aliphatic carbocycles. The molecule has 2 amide bonds. The van der Waals surface area contributed by atoms with E-state index in [1.165, 1.54) is 17.7 Å². The second-order valence-corrected chi connectivity index (χ2v) is 8.73. The third-order valence-corrected chi connectivity index (χ3v) is 6.61. The number of nitrogens with zero attached hydrogens (tertiary/aromatic N) is 6. The van der Waals surface area contributed by atoms with Crippen molar-refractivity contribution in [2.75, 3.05) is 6.54 Å². The number of aryl methyl sites for hydroxylation is 1. The van der Waals surface area contributed by atoms with Crippen molar-refractivity contribution in [1.82, 2.24) is 30.0 Å². The number of hydrogen-bond donors (Lipinski definition) is 1. The van der Waals surface area contributed by atoms with Gasteiger partial charge in [0, 0.05) is 30.6 Å². The Kier molecular flexibility index (Phi) is 6.28. The van der Waals surface area contributed by atoms with E-state index in [4.69, 9.17) is 5.26 Å². The van der Waals surface area contributed by atoms with Gasteiger partial charge in [0.2, 0.25) is 11.7 Å². The van der Waals surface area contributed by atoms with Crippen LogP contribution in [0, 0.1) is 17.2 Å². The summed E-state index contributed by atoms with van der Waals surface area (Å²) < 4.78 is 1.59. The zero-order chi connectivity index (χ0) is 22.7. The number of benzene rings is 1. The van der Waals surface area contributed by atoms with Gasteiger partial charge in [-0.05, 0) is 31.9 Å². The van der Waals surface area contributed by atoms with E-state index in [0.717, 1.165) is 29.1 Å². The van der Waals surface area contributed by atoms with Crippen LogP contribution < -0.4 is 5.32 Å². The van der Waals surface area contributed by atoms with Crippen LogP contribution in [0.1, 0.15) is 41.0 Å². The molecule has 1 saturated heterocycles. The highest BCUT2D eigenvalue weighted by molar-refractivity contribution is 7.09. The van der Waals surface area contributed by atoms with Crippen molar-refractivity contribution < 1.29 is 9.59 Å². The Morgan fingerprint density at radius 2 is 2.09 bits per heavy atom. The maximum absolute atomic E-state index is 12.9. The zero-order valence-electron chi connectivity index (χ0n) is 17.9. The number of piperidine rings is 1. The summed E-state index contributed by atoms with van der Waals surface area (Å²) in [6.07, 6.45) is 2.97. The number of carbonyl (C=O) groups is 2. The molecule has 0 saturated carbocycles. The fourth-order valence-corrected chi connectivity index (χ4v) is 4.66. The maximum Gasteiger partial charge on any atom is 0.292 e. The Labute approximate surface area is 189 Å². The van der Waals surface area contributed by atoms with Crippen LogP contribution in [0.25, 0.3) is 11.3 Å². The first-order chi connectivity index (χ1) is 15.5. The van der Waals surface area contributed by atoms with Crippen molar-refractivity contribution >= 4 is 23.2 Å². The Morgan fingerprint density at radius 1 is 1.31 bits per heavy atom. The molecule has 0 bridgehead atoms. The summed E-state index contributed by atoms with van der Waals surface area (Å²) in [5.41, 5.74) is 2.34. The lowest BCUT2D eigenvalue weighted by molar-refractivity contribution is -0.128. The molecule has 2 aromatic heterocycles. The number of rotatable bonds is 5. The molecule has 164 valence electrons. The highest BCUT2D eigenvalue weighted by Gasteiger charge is 2.36. The summed E-state index contributed by atoms with van der Waals surface area (Å²) in [5, 5.41) is 22.3. The van der Waals surface area contributed by atoms with Crippen LogP contribution in [0.15, 0.2) is 36.0 Å². The van der Waals surface area contributed by atoms with Crippen molar-refractivity contribution in [3.8, 4) is 17.3 Å². The Morgan fingerprint density at radius 3 is 2.78 bits per heavy atom. The maximum atomic E-state index is 12.9. The second kappa shape index (κ2) is 9.28. The summed E-state index contributed by atoms with van der Waals surface area (Å²) in [6, 6.07) is 9.11. The third-order valence-electron chi connectivity index (χ3n) is 5.76. The molecule has 1 aromatic carbocycles. The monoisotopic (exact) mass is 449 g/mol. The van der Waals surface area contributed by atoms with Gasteiger partial charge in [-0.2, -0.15) is 5.26 Å². The molecule has 2 atom stereocenters. The first-order valence-electron chi connectivity index (χ1n) is 10.4. The fraction of sp³-hybridized carbons (Fsp3) is 0.364. The molecule has 9 nitrogen and oxygen atoms in total. The Balaban J connectivity index is 1.37. The van der Waals surface area contributed by atoms with Crippen LogP contribution in [-0.2, 0) is 18.4 Å². The summed E-state index contributed by atoms with van der Waals surface area (Å²) in [5.74, 6) is -0.306. The molecule has 1 fully saturated rings. The van der Waals surface area contributed by atoms with Crippen LogP contribution in [-0.4, -0.2) is 49.0 Å². The van der Waals surface area contributed by atoms with Crippen molar-refractivity contribution in [1.29, 1.82) is 5.26 Å². The van der Waals surface area contributed by atoms with Crippen molar-refractivity contribution in [2.45, 2.75) is 32.4 Å². The highest BCUT2D eigenvalue weighted by atomic mass is 32.1. The minimum absolute atomic E-state index is 0.0805. The van der Waals surface area contributed by atoms with Gasteiger partial charge in [0.1, 0.15) is 11.3 Å². The molecule has 1 aliphatic heterocycles. The van der Waals surface area contributed by atoms with Gasteiger partial charge < -0.3 is 14.8 Å². The van der Waals surface area contributed by atoms with Crippen molar-refractivity contribution in [2.24, 2.45) is 13.0 Å². The van der Waals surface area contributed by atoms with E-state index in [-0.39, 0.29) is 29.6 Å². The first kappa shape index (κ1) is 21.6. The Hall–Kier alpha value is -3.58. The molecule has 1 aliphatic rings. The van der Waals surface area contributed by atoms with Gasteiger partial charge >= 0.3 is 0 Å². The minimum atomic E-state index is -0.293. The highest BCUT2D eigenvalue weighted by Crippen LogP contribution is 2.26. The topological polar surface area (TPSA) is 117 Å². The van der Waals surface area contributed by atoms with Gasteiger partial charge in [0.05, 0.1) is 29.8 Å². The van der Waals surface area contributed by atoms with Gasteiger partial charge in [0.15, 0.2) is 0 Å². The molecule has 3 aromatic rings. The average Bonchev–Trinajstić information content (AvgIpc) is 3.46. The molecule has 0 spiro atoms. The lowest BCUT2D eigenvalue weighted by Crippen LogP contribution is -2.51. The number of carbonyl (C=O) groups excluding carboxylic acids is 2. The number of likely N-dealkylation sites (tertiary alicyclic amines) is 1. The average molecular weight is 450 g/mol. The molecule has 1 N–H and O–H groups in total. The summed E-state index contributed by atoms with van der Waals surface area (Å²) in [6.45, 7) is 2.83. The molecule has 3 heterocycles. The van der Waals surface area contributed by atoms with Crippen LogP contribution in [0.4, 0.5) is 0 Å². The summed E-state index contributed by atoms with van der Waals surface area (Å²) in [4.78, 5) is 32.1. The van der Waals surface area contributed by atoms with Gasteiger partial charge in [-0.3, -0.25) is 9.59 Å². The van der Waals surface area contributed by atoms with Gasteiger partial charge in [-0.15, -0.1) is 21.5 Å². The van der Waals surface area contributed by atoms with Gasteiger partial charge in [0.25, 0.3) is 5.91 Å². The van der Waals surface area contributed by atoms with E-state index in [0.29, 0.717) is 18.7 Å². The number of hydrogen-bond acceptors (Lipinski definition) is 7. The zero-order valence-corrected chi connectivity index (χ0v) is 18.7. The molecule has 4 rings (SSSR count). The van der Waals surface area contributed by atoms with E-state index in [9.17, 15) is 9.59 Å². The number of amides is 2. The summed E-state index contributed by atoms with van der Waals surface area (Å²) >= 11 is 1.48. The van der Waals surface area contributed by atoms with E-state index < -0.39 is 0 Å². The van der Waals surface area contributed by atoms with Gasteiger partial charge in [-0.25, -0.2) is 4.98 Å². The molecule has 0 unspecified atom stereocenters. The number of nitriles is 1. The van der Waals surface area contributed by atoms with Crippen molar-refractivity contribution in [3.05, 3.63) is 52.4 Å². The normalized spacial score (nSPS) is 18.2. The third kappa shape index (κ3) is 4.38. The van der Waals surface area contributed by atoms with Crippen LogP contribution in [0.2, 0.25) is 0 Å². The van der Waals surface area contributed by atoms with E-state index in [1.807, 2.05) is 24.4 Å². The largest absolute Gasteiger partial charge is 0.349 e. The minimum Gasteiger partial charge on any atom is -0.349 e. The van der Waals surface area contributed by atoms with Crippen LogP contribution >= 0.6 is 11.3 Å². The van der Waals surface area contributed by atoms with E-state index in [1.54, 1.807) is 28.6 Å². The van der Waals surface area contributed by atoms with Crippen molar-refractivity contribution in [3.63, 3.8) is 0 Å². The van der Waals surface area contributed by atoms with Gasteiger partial charge in [-0.1, -0.05) is 12.1 Å².